The van der Waals surface area contributed by atoms with E-state index in [2.05, 4.69) is 0 Å². The Bertz CT molecular complexity index is 512. The Balaban J connectivity index is 2.74. The number of halogens is 3. The first kappa shape index (κ1) is 18.0. The fraction of sp³-hybridized carbons (Fsp3) is 0.467. The molecule has 1 aromatic rings. The summed E-state index contributed by atoms with van der Waals surface area (Å²) < 4.78 is 37.5. The van der Waals surface area contributed by atoms with Gasteiger partial charge in [-0.3, -0.25) is 4.79 Å². The van der Waals surface area contributed by atoms with Gasteiger partial charge in [-0.25, -0.2) is 4.79 Å². The van der Waals surface area contributed by atoms with E-state index in [0.717, 1.165) is 4.90 Å². The van der Waals surface area contributed by atoms with Crippen molar-refractivity contribution in [2.45, 2.75) is 32.4 Å². The number of benzene rings is 1. The highest BCUT2D eigenvalue weighted by Gasteiger charge is 2.32. The van der Waals surface area contributed by atoms with Crippen LogP contribution in [0.15, 0.2) is 24.3 Å². The number of aromatic carboxylic acids is 1. The van der Waals surface area contributed by atoms with Gasteiger partial charge < -0.3 is 10.0 Å². The number of carbonyl (C=O) groups excluding carboxylic acids is 1. The molecule has 22 heavy (non-hydrogen) atoms. The van der Waals surface area contributed by atoms with Crippen molar-refractivity contribution in [1.82, 2.24) is 4.90 Å². The van der Waals surface area contributed by atoms with Crippen molar-refractivity contribution in [2.75, 3.05) is 13.1 Å². The third kappa shape index (κ3) is 6.15. The highest BCUT2D eigenvalue weighted by atomic mass is 19.4. The van der Waals surface area contributed by atoms with E-state index in [1.54, 1.807) is 0 Å². The molecule has 0 aliphatic rings. The summed E-state index contributed by atoms with van der Waals surface area (Å²) >= 11 is 0. The molecule has 0 spiro atoms. The summed E-state index contributed by atoms with van der Waals surface area (Å²) in [5, 5.41) is 8.77. The number of carboxylic acid groups (broad SMARTS) is 1. The van der Waals surface area contributed by atoms with Crippen molar-refractivity contribution in [3.63, 3.8) is 0 Å². The van der Waals surface area contributed by atoms with Gasteiger partial charge in [-0.15, -0.1) is 0 Å². The molecule has 0 heterocycles. The molecule has 1 aromatic carbocycles. The van der Waals surface area contributed by atoms with Gasteiger partial charge >= 0.3 is 12.1 Å². The molecule has 0 radical (unpaired) electrons. The Morgan fingerprint density at radius 3 is 2.23 bits per heavy atom. The molecule has 1 N–H and O–H groups in total. The number of unbranched alkanes of at least 4 members (excludes halogenated alkanes) is 1. The summed E-state index contributed by atoms with van der Waals surface area (Å²) in [7, 11) is 0. The summed E-state index contributed by atoms with van der Waals surface area (Å²) in [6, 6.07) is 5.52. The molecule has 1 amide bonds. The minimum absolute atomic E-state index is 0.0576. The highest BCUT2D eigenvalue weighted by Crippen LogP contribution is 2.18. The zero-order valence-electron chi connectivity index (χ0n) is 12.2. The van der Waals surface area contributed by atoms with Gasteiger partial charge in [-0.1, -0.05) is 25.5 Å². The Morgan fingerprint density at radius 2 is 1.77 bits per heavy atom. The third-order valence-corrected chi connectivity index (χ3v) is 3.06. The number of nitrogens with zero attached hydrogens (tertiary/aromatic N) is 1. The lowest BCUT2D eigenvalue weighted by molar-refractivity contribution is -0.160. The SMILES string of the molecule is CCCCN(CC(F)(F)F)C(=O)Cc1ccc(C(=O)O)cc1. The fourth-order valence-electron chi connectivity index (χ4n) is 1.91. The standard InChI is InChI=1S/C15H18F3NO3/c1-2-3-8-19(10-15(16,17)18)13(20)9-11-4-6-12(7-5-11)14(21)22/h4-7H,2-3,8-10H2,1H3,(H,21,22). The molecular weight excluding hydrogens is 299 g/mol. The second kappa shape index (κ2) is 7.82. The minimum atomic E-state index is -4.43. The maximum atomic E-state index is 12.5. The van der Waals surface area contributed by atoms with Gasteiger partial charge in [0.25, 0.3) is 0 Å². The van der Waals surface area contributed by atoms with Crippen molar-refractivity contribution in [1.29, 1.82) is 0 Å². The molecule has 4 nitrogen and oxygen atoms in total. The van der Waals surface area contributed by atoms with Crippen LogP contribution < -0.4 is 0 Å². The van der Waals surface area contributed by atoms with Gasteiger partial charge in [0, 0.05) is 6.54 Å². The van der Waals surface area contributed by atoms with E-state index < -0.39 is 24.6 Å². The van der Waals surface area contributed by atoms with E-state index in [-0.39, 0.29) is 18.5 Å². The van der Waals surface area contributed by atoms with Gasteiger partial charge in [0.1, 0.15) is 6.54 Å². The van der Waals surface area contributed by atoms with Crippen molar-refractivity contribution in [3.8, 4) is 0 Å². The number of rotatable bonds is 7. The predicted octanol–water partition coefficient (Wildman–Crippen LogP) is 3.12. The minimum Gasteiger partial charge on any atom is -0.478 e. The molecule has 0 saturated carbocycles. The molecule has 0 unspecified atom stereocenters. The normalized spacial score (nSPS) is 11.3. The van der Waals surface area contributed by atoms with Crippen LogP contribution in [0, 0.1) is 0 Å². The van der Waals surface area contributed by atoms with Crippen LogP contribution in [0.2, 0.25) is 0 Å². The monoisotopic (exact) mass is 317 g/mol. The molecule has 1 rings (SSSR count). The van der Waals surface area contributed by atoms with Gasteiger partial charge in [-0.2, -0.15) is 13.2 Å². The number of carboxylic acids is 1. The molecule has 0 aromatic heterocycles. The third-order valence-electron chi connectivity index (χ3n) is 3.06. The first-order chi connectivity index (χ1) is 10.2. The van der Waals surface area contributed by atoms with Gasteiger partial charge in [0.2, 0.25) is 5.91 Å². The second-order valence-corrected chi connectivity index (χ2v) is 4.96. The molecule has 0 atom stereocenters. The van der Waals surface area contributed by atoms with E-state index in [0.29, 0.717) is 18.4 Å². The Kier molecular flexibility index (Phi) is 6.39. The van der Waals surface area contributed by atoms with E-state index in [1.807, 2.05) is 6.92 Å². The molecule has 0 aliphatic carbocycles. The number of alkyl halides is 3. The van der Waals surface area contributed by atoms with Gasteiger partial charge in [-0.05, 0) is 24.1 Å². The molecule has 7 heteroatoms. The fourth-order valence-corrected chi connectivity index (χ4v) is 1.91. The number of amides is 1. The topological polar surface area (TPSA) is 57.6 Å². The summed E-state index contributed by atoms with van der Waals surface area (Å²) in [4.78, 5) is 23.5. The lowest BCUT2D eigenvalue weighted by Gasteiger charge is -2.24. The van der Waals surface area contributed by atoms with Gasteiger partial charge in [0.15, 0.2) is 0 Å². The Hall–Kier alpha value is -2.05. The van der Waals surface area contributed by atoms with Gasteiger partial charge in [0.05, 0.1) is 12.0 Å². The highest BCUT2D eigenvalue weighted by molar-refractivity contribution is 5.87. The summed E-state index contributed by atoms with van der Waals surface area (Å²) in [6.45, 7) is 0.627. The summed E-state index contributed by atoms with van der Waals surface area (Å²) in [6.07, 6.45) is -3.43. The van der Waals surface area contributed by atoms with E-state index in [1.165, 1.54) is 24.3 Å². The number of hydrogen-bond acceptors (Lipinski definition) is 2. The first-order valence-electron chi connectivity index (χ1n) is 6.89. The van der Waals surface area contributed by atoms with Crippen molar-refractivity contribution >= 4 is 11.9 Å². The van der Waals surface area contributed by atoms with Crippen LogP contribution in [0.3, 0.4) is 0 Å². The lowest BCUT2D eigenvalue weighted by Crippen LogP contribution is -2.40. The first-order valence-corrected chi connectivity index (χ1v) is 6.89. The van der Waals surface area contributed by atoms with Crippen LogP contribution in [0.25, 0.3) is 0 Å². The lowest BCUT2D eigenvalue weighted by atomic mass is 10.1. The predicted molar refractivity (Wildman–Crippen MR) is 74.6 cm³/mol. The Labute approximate surface area is 126 Å². The molecule has 0 fully saturated rings. The van der Waals surface area contributed by atoms with Crippen LogP contribution in [-0.4, -0.2) is 41.1 Å². The van der Waals surface area contributed by atoms with Crippen molar-refractivity contribution in [3.05, 3.63) is 35.4 Å². The van der Waals surface area contributed by atoms with Crippen LogP contribution in [-0.2, 0) is 11.2 Å². The smallest absolute Gasteiger partial charge is 0.406 e. The quantitative estimate of drug-likeness (QED) is 0.840. The van der Waals surface area contributed by atoms with Crippen LogP contribution in [0.1, 0.15) is 35.7 Å². The second-order valence-electron chi connectivity index (χ2n) is 4.96. The molecular formula is C15H18F3NO3. The van der Waals surface area contributed by atoms with E-state index in [9.17, 15) is 22.8 Å². The summed E-state index contributed by atoms with van der Waals surface area (Å²) in [5.74, 6) is -1.71. The van der Waals surface area contributed by atoms with E-state index >= 15 is 0 Å². The maximum Gasteiger partial charge on any atom is 0.406 e. The maximum absolute atomic E-state index is 12.5. The average molecular weight is 317 g/mol. The largest absolute Gasteiger partial charge is 0.478 e. The van der Waals surface area contributed by atoms with E-state index in [4.69, 9.17) is 5.11 Å². The molecule has 0 bridgehead atoms. The van der Waals surface area contributed by atoms with Crippen LogP contribution >= 0.6 is 0 Å². The number of carbonyl (C=O) groups is 2. The average Bonchev–Trinajstić information content (AvgIpc) is 2.42. The zero-order chi connectivity index (χ0) is 16.8. The molecule has 0 aliphatic heterocycles. The van der Waals surface area contributed by atoms with Crippen molar-refractivity contribution < 1.29 is 27.9 Å². The van der Waals surface area contributed by atoms with Crippen LogP contribution in [0.5, 0.6) is 0 Å². The molecule has 0 saturated heterocycles. The summed E-state index contributed by atoms with van der Waals surface area (Å²) in [5.41, 5.74) is 0.549. The Morgan fingerprint density at radius 1 is 1.18 bits per heavy atom. The molecule has 122 valence electrons. The van der Waals surface area contributed by atoms with Crippen LogP contribution in [0.4, 0.5) is 13.2 Å². The van der Waals surface area contributed by atoms with Crippen molar-refractivity contribution in [2.24, 2.45) is 0 Å². The zero-order valence-corrected chi connectivity index (χ0v) is 12.2. The number of hydrogen-bond donors (Lipinski definition) is 1.